The molecule has 1 aromatic carbocycles. The van der Waals surface area contributed by atoms with E-state index >= 15 is 0 Å². The molecule has 0 radical (unpaired) electrons. The zero-order valence-electron chi connectivity index (χ0n) is 11.3. The molecular weight excluding hydrogens is 258 g/mol. The Labute approximate surface area is 117 Å². The normalized spacial score (nSPS) is 19.8. The van der Waals surface area contributed by atoms with E-state index in [1.807, 2.05) is 37.3 Å². The van der Waals surface area contributed by atoms with Gasteiger partial charge in [0.25, 0.3) is 0 Å². The second-order valence-corrected chi connectivity index (χ2v) is 4.65. The Morgan fingerprint density at radius 2 is 2.05 bits per heavy atom. The third-order valence-corrected chi connectivity index (χ3v) is 3.27. The molecule has 5 nitrogen and oxygen atoms in total. The molecule has 5 heteroatoms. The number of allylic oxidation sites excluding steroid dienone is 1. The van der Waals surface area contributed by atoms with Gasteiger partial charge in [-0.05, 0) is 18.1 Å². The summed E-state index contributed by atoms with van der Waals surface area (Å²) in [6.07, 6.45) is 1.48. The molecule has 0 aromatic heterocycles. The van der Waals surface area contributed by atoms with Crippen LogP contribution in [0.4, 0.5) is 0 Å². The molecule has 1 aliphatic heterocycles. The van der Waals surface area contributed by atoms with Crippen molar-refractivity contribution in [2.45, 2.75) is 13.0 Å². The van der Waals surface area contributed by atoms with Crippen molar-refractivity contribution in [3.8, 4) is 0 Å². The number of carbonyl (C=O) groups is 2. The highest BCUT2D eigenvalue weighted by molar-refractivity contribution is 5.97. The number of hydrogen-bond donors (Lipinski definition) is 1. The summed E-state index contributed by atoms with van der Waals surface area (Å²) in [5, 5.41) is 9.11. The van der Waals surface area contributed by atoms with Crippen molar-refractivity contribution < 1.29 is 19.4 Å². The Hall–Kier alpha value is -2.14. The summed E-state index contributed by atoms with van der Waals surface area (Å²) in [6, 6.07) is 8.61. The van der Waals surface area contributed by atoms with Gasteiger partial charge in [0.1, 0.15) is 0 Å². The number of aliphatic carboxylic acids is 1. The van der Waals surface area contributed by atoms with Gasteiger partial charge in [0.15, 0.2) is 6.04 Å². The largest absolute Gasteiger partial charge is 0.480 e. The minimum absolute atomic E-state index is 0.0410. The third-order valence-electron chi connectivity index (χ3n) is 3.27. The Balaban J connectivity index is 2.16. The smallest absolute Gasteiger partial charge is 0.328 e. The van der Waals surface area contributed by atoms with Gasteiger partial charge in [-0.2, -0.15) is 0 Å². The average Bonchev–Trinajstić information content (AvgIpc) is 2.48. The quantitative estimate of drug-likeness (QED) is 0.847. The first-order valence-electron chi connectivity index (χ1n) is 6.44. The van der Waals surface area contributed by atoms with Gasteiger partial charge in [0, 0.05) is 12.6 Å². The van der Waals surface area contributed by atoms with Crippen LogP contribution in [0.1, 0.15) is 12.5 Å². The lowest BCUT2D eigenvalue weighted by molar-refractivity contribution is -0.156. The van der Waals surface area contributed by atoms with E-state index in [1.165, 1.54) is 11.0 Å². The Kier molecular flexibility index (Phi) is 4.53. The molecular formula is C15H17NO4. The van der Waals surface area contributed by atoms with Gasteiger partial charge < -0.3 is 14.7 Å². The first-order valence-corrected chi connectivity index (χ1v) is 6.44. The summed E-state index contributed by atoms with van der Waals surface area (Å²) in [5.74, 6) is -1.33. The highest BCUT2D eigenvalue weighted by atomic mass is 16.5. The van der Waals surface area contributed by atoms with Crippen LogP contribution in [-0.2, 0) is 14.3 Å². The standard InChI is InChI=1S/C15H17NO4/c1-11(12-5-3-2-4-6-12)9-14(17)16-7-8-20-10-13(16)15(18)19/h2-6,9,13H,7-8,10H2,1H3,(H,18,19)/b11-9-. The molecule has 1 N–H and O–H groups in total. The highest BCUT2D eigenvalue weighted by Gasteiger charge is 2.31. The van der Waals surface area contributed by atoms with Gasteiger partial charge >= 0.3 is 5.97 Å². The number of ether oxygens (including phenoxy) is 1. The van der Waals surface area contributed by atoms with Gasteiger partial charge in [-0.3, -0.25) is 4.79 Å². The Morgan fingerprint density at radius 1 is 1.35 bits per heavy atom. The van der Waals surface area contributed by atoms with E-state index in [0.717, 1.165) is 11.1 Å². The van der Waals surface area contributed by atoms with Crippen LogP contribution in [0.2, 0.25) is 0 Å². The molecule has 0 saturated carbocycles. The van der Waals surface area contributed by atoms with Gasteiger partial charge in [-0.1, -0.05) is 30.3 Å². The summed E-state index contributed by atoms with van der Waals surface area (Å²) in [4.78, 5) is 24.7. The fourth-order valence-electron chi connectivity index (χ4n) is 2.12. The van der Waals surface area contributed by atoms with Crippen molar-refractivity contribution in [3.63, 3.8) is 0 Å². The minimum Gasteiger partial charge on any atom is -0.480 e. The molecule has 1 amide bonds. The predicted molar refractivity (Wildman–Crippen MR) is 74.0 cm³/mol. The molecule has 1 aliphatic rings. The molecule has 1 heterocycles. The lowest BCUT2D eigenvalue weighted by atomic mass is 10.1. The van der Waals surface area contributed by atoms with E-state index in [1.54, 1.807) is 0 Å². The first kappa shape index (κ1) is 14.3. The average molecular weight is 275 g/mol. The summed E-state index contributed by atoms with van der Waals surface area (Å²) >= 11 is 0. The topological polar surface area (TPSA) is 66.8 Å². The van der Waals surface area contributed by atoms with Gasteiger partial charge in [-0.15, -0.1) is 0 Å². The van der Waals surface area contributed by atoms with Crippen LogP contribution in [0, 0.1) is 0 Å². The highest BCUT2D eigenvalue weighted by Crippen LogP contribution is 2.15. The van der Waals surface area contributed by atoms with Crippen molar-refractivity contribution >= 4 is 17.4 Å². The second-order valence-electron chi connectivity index (χ2n) is 4.65. The molecule has 0 bridgehead atoms. The minimum atomic E-state index is -1.04. The van der Waals surface area contributed by atoms with Crippen molar-refractivity contribution in [3.05, 3.63) is 42.0 Å². The Bertz CT molecular complexity index is 524. The van der Waals surface area contributed by atoms with E-state index < -0.39 is 12.0 Å². The van der Waals surface area contributed by atoms with E-state index in [4.69, 9.17) is 9.84 Å². The SMILES string of the molecule is C/C(=C/C(=O)N1CCOCC1C(=O)O)c1ccccc1. The van der Waals surface area contributed by atoms with E-state index in [9.17, 15) is 9.59 Å². The van der Waals surface area contributed by atoms with Crippen molar-refractivity contribution in [1.29, 1.82) is 0 Å². The van der Waals surface area contributed by atoms with Crippen LogP contribution in [-0.4, -0.2) is 47.7 Å². The van der Waals surface area contributed by atoms with Gasteiger partial charge in [0.2, 0.25) is 5.91 Å². The van der Waals surface area contributed by atoms with Crippen LogP contribution in [0.25, 0.3) is 5.57 Å². The van der Waals surface area contributed by atoms with Crippen LogP contribution in [0.15, 0.2) is 36.4 Å². The fourth-order valence-corrected chi connectivity index (χ4v) is 2.12. The summed E-state index contributed by atoms with van der Waals surface area (Å²) in [5.41, 5.74) is 1.76. The number of carbonyl (C=O) groups excluding carboxylic acids is 1. The number of rotatable bonds is 3. The van der Waals surface area contributed by atoms with Crippen molar-refractivity contribution in [2.75, 3.05) is 19.8 Å². The van der Waals surface area contributed by atoms with Crippen LogP contribution >= 0.6 is 0 Å². The maximum absolute atomic E-state index is 12.2. The molecule has 1 fully saturated rings. The van der Waals surface area contributed by atoms with Crippen molar-refractivity contribution in [1.82, 2.24) is 4.90 Å². The van der Waals surface area contributed by atoms with E-state index in [0.29, 0.717) is 13.2 Å². The zero-order chi connectivity index (χ0) is 14.5. The maximum Gasteiger partial charge on any atom is 0.328 e. The number of nitrogens with zero attached hydrogens (tertiary/aromatic N) is 1. The molecule has 1 saturated heterocycles. The number of benzene rings is 1. The predicted octanol–water partition coefficient (Wildman–Crippen LogP) is 1.40. The first-order chi connectivity index (χ1) is 9.59. The molecule has 1 unspecified atom stereocenters. The summed E-state index contributed by atoms with van der Waals surface area (Å²) < 4.78 is 5.12. The number of carboxylic acids is 1. The third kappa shape index (κ3) is 3.24. The molecule has 1 aromatic rings. The molecule has 20 heavy (non-hydrogen) atoms. The fraction of sp³-hybridized carbons (Fsp3) is 0.333. The van der Waals surface area contributed by atoms with Gasteiger partial charge in [-0.25, -0.2) is 4.79 Å². The second kappa shape index (κ2) is 6.34. The van der Waals surface area contributed by atoms with Crippen LogP contribution in [0.5, 0.6) is 0 Å². The van der Waals surface area contributed by atoms with Gasteiger partial charge in [0.05, 0.1) is 13.2 Å². The van der Waals surface area contributed by atoms with Crippen LogP contribution in [0.3, 0.4) is 0 Å². The molecule has 0 spiro atoms. The number of amides is 1. The molecule has 2 rings (SSSR count). The molecule has 106 valence electrons. The lowest BCUT2D eigenvalue weighted by Gasteiger charge is -2.32. The molecule has 0 aliphatic carbocycles. The summed E-state index contributed by atoms with van der Waals surface area (Å²) in [7, 11) is 0. The van der Waals surface area contributed by atoms with E-state index in [-0.39, 0.29) is 12.5 Å². The maximum atomic E-state index is 12.2. The van der Waals surface area contributed by atoms with Crippen molar-refractivity contribution in [2.24, 2.45) is 0 Å². The van der Waals surface area contributed by atoms with E-state index in [2.05, 4.69) is 0 Å². The monoisotopic (exact) mass is 275 g/mol. The Morgan fingerprint density at radius 3 is 2.70 bits per heavy atom. The number of hydrogen-bond acceptors (Lipinski definition) is 3. The number of morpholine rings is 1. The van der Waals surface area contributed by atoms with Crippen LogP contribution < -0.4 is 0 Å². The number of carboxylic acid groups (broad SMARTS) is 1. The molecule has 1 atom stereocenters. The summed E-state index contributed by atoms with van der Waals surface area (Å²) in [6.45, 7) is 2.55. The lowest BCUT2D eigenvalue weighted by Crippen LogP contribution is -2.52. The zero-order valence-corrected chi connectivity index (χ0v) is 11.3.